The maximum absolute atomic E-state index is 13.1. The maximum Gasteiger partial charge on any atom is 0.355 e. The number of allylic oxidation sites excluding steroid dienone is 1. The lowest BCUT2D eigenvalue weighted by Crippen LogP contribution is -2.41. The molecule has 1 aliphatic rings. The summed E-state index contributed by atoms with van der Waals surface area (Å²) >= 11 is 0. The molecular formula is C25H25N3O5. The van der Waals surface area contributed by atoms with Crippen LogP contribution in [0.5, 0.6) is 5.75 Å². The summed E-state index contributed by atoms with van der Waals surface area (Å²) in [4.78, 5) is 27.6. The van der Waals surface area contributed by atoms with Gasteiger partial charge in [-0.2, -0.15) is 5.26 Å². The first-order chi connectivity index (χ1) is 15.8. The fraction of sp³-hybridized carbons (Fsp3) is 0.240. The van der Waals surface area contributed by atoms with Crippen LogP contribution in [0.3, 0.4) is 0 Å². The maximum atomic E-state index is 13.1. The molecule has 0 aliphatic carbocycles. The Hall–Kier alpha value is -4.25. The fourth-order valence-corrected chi connectivity index (χ4v) is 4.01. The van der Waals surface area contributed by atoms with E-state index in [1.54, 1.807) is 43.5 Å². The summed E-state index contributed by atoms with van der Waals surface area (Å²) in [6.45, 7) is 3.70. The van der Waals surface area contributed by atoms with Gasteiger partial charge in [0.2, 0.25) is 0 Å². The van der Waals surface area contributed by atoms with Crippen LogP contribution in [-0.2, 0) is 19.1 Å². The second-order valence-corrected chi connectivity index (χ2v) is 7.37. The van der Waals surface area contributed by atoms with Crippen LogP contribution in [0.1, 0.15) is 22.6 Å². The highest BCUT2D eigenvalue weighted by atomic mass is 16.5. The number of nitriles is 1. The van der Waals surface area contributed by atoms with Crippen molar-refractivity contribution in [3.63, 3.8) is 0 Å². The molecule has 1 aliphatic heterocycles. The second-order valence-electron chi connectivity index (χ2n) is 7.37. The van der Waals surface area contributed by atoms with Crippen LogP contribution < -0.4 is 15.4 Å². The summed E-state index contributed by atoms with van der Waals surface area (Å²) in [6.07, 6.45) is 0. The highest BCUT2D eigenvalue weighted by Gasteiger charge is 2.43. The van der Waals surface area contributed by atoms with Gasteiger partial charge in [-0.05, 0) is 42.7 Å². The fourth-order valence-electron chi connectivity index (χ4n) is 4.01. The minimum absolute atomic E-state index is 0.0204. The predicted molar refractivity (Wildman–Crippen MR) is 122 cm³/mol. The molecule has 1 heterocycles. The van der Waals surface area contributed by atoms with Crippen LogP contribution in [-0.4, -0.2) is 33.3 Å². The van der Waals surface area contributed by atoms with Gasteiger partial charge in [-0.25, -0.2) is 9.59 Å². The standard InChI is InChI=1S/C25H25N3O5/c1-14-15(2)19(31-3)12-11-18(14)28-22(25(30)33-5)21(24(29)32-4)20(17(13-26)23(28)27)16-9-7-6-8-10-16/h6-12,20H,27H2,1-5H3. The molecule has 0 aromatic heterocycles. The van der Waals surface area contributed by atoms with Crippen LogP contribution in [0.25, 0.3) is 0 Å². The molecule has 2 N–H and O–H groups in total. The number of esters is 2. The van der Waals surface area contributed by atoms with Crippen LogP contribution in [0.4, 0.5) is 5.69 Å². The lowest BCUT2D eigenvalue weighted by molar-refractivity contribution is -0.139. The van der Waals surface area contributed by atoms with E-state index in [2.05, 4.69) is 6.07 Å². The molecule has 8 heteroatoms. The van der Waals surface area contributed by atoms with Gasteiger partial charge >= 0.3 is 11.9 Å². The van der Waals surface area contributed by atoms with Crippen LogP contribution >= 0.6 is 0 Å². The Labute approximate surface area is 192 Å². The normalized spacial score (nSPS) is 15.8. The second kappa shape index (κ2) is 9.49. The number of hydrogen-bond donors (Lipinski definition) is 1. The highest BCUT2D eigenvalue weighted by Crippen LogP contribution is 2.44. The summed E-state index contributed by atoms with van der Waals surface area (Å²) < 4.78 is 15.5. The molecule has 0 spiro atoms. The third-order valence-electron chi connectivity index (χ3n) is 5.78. The molecule has 1 atom stereocenters. The molecule has 0 bridgehead atoms. The van der Waals surface area contributed by atoms with Gasteiger partial charge in [-0.1, -0.05) is 30.3 Å². The number of benzene rings is 2. The smallest absolute Gasteiger partial charge is 0.355 e. The summed E-state index contributed by atoms with van der Waals surface area (Å²) in [7, 11) is 3.99. The van der Waals surface area contributed by atoms with Crippen LogP contribution in [0, 0.1) is 25.2 Å². The molecule has 0 saturated heterocycles. The summed E-state index contributed by atoms with van der Waals surface area (Å²) in [5, 5.41) is 10.1. The Bertz CT molecular complexity index is 1210. The SMILES string of the molecule is COC(=O)C1=C(C(=O)OC)N(c2ccc(OC)c(C)c2C)C(N)=C(C#N)C1c1ccccc1. The van der Waals surface area contributed by atoms with Crippen molar-refractivity contribution in [3.05, 3.63) is 81.8 Å². The number of rotatable bonds is 5. The van der Waals surface area contributed by atoms with Gasteiger partial charge in [0, 0.05) is 0 Å². The van der Waals surface area contributed by atoms with E-state index in [0.29, 0.717) is 17.0 Å². The lowest BCUT2D eigenvalue weighted by atomic mass is 9.80. The van der Waals surface area contributed by atoms with E-state index in [0.717, 1.165) is 11.1 Å². The Morgan fingerprint density at radius 1 is 0.970 bits per heavy atom. The van der Waals surface area contributed by atoms with Crippen molar-refractivity contribution in [3.8, 4) is 11.8 Å². The minimum atomic E-state index is -0.909. The first kappa shape index (κ1) is 23.4. The number of hydrogen-bond acceptors (Lipinski definition) is 8. The zero-order chi connectivity index (χ0) is 24.3. The van der Waals surface area contributed by atoms with Gasteiger partial charge in [-0.15, -0.1) is 0 Å². The van der Waals surface area contributed by atoms with E-state index < -0.39 is 17.9 Å². The van der Waals surface area contributed by atoms with Gasteiger partial charge < -0.3 is 19.9 Å². The zero-order valence-electron chi connectivity index (χ0n) is 19.1. The molecular weight excluding hydrogens is 422 g/mol. The van der Waals surface area contributed by atoms with Gasteiger partial charge in [-0.3, -0.25) is 4.90 Å². The van der Waals surface area contributed by atoms with E-state index >= 15 is 0 Å². The molecule has 170 valence electrons. The van der Waals surface area contributed by atoms with Crippen molar-refractivity contribution < 1.29 is 23.8 Å². The molecule has 0 fully saturated rings. The predicted octanol–water partition coefficient (Wildman–Crippen LogP) is 3.21. The van der Waals surface area contributed by atoms with Crippen molar-refractivity contribution in [2.45, 2.75) is 19.8 Å². The number of methoxy groups -OCH3 is 3. The van der Waals surface area contributed by atoms with E-state index in [1.807, 2.05) is 19.9 Å². The largest absolute Gasteiger partial charge is 0.496 e. The first-order valence-electron chi connectivity index (χ1n) is 10.1. The molecule has 3 rings (SSSR count). The van der Waals surface area contributed by atoms with Crippen molar-refractivity contribution >= 4 is 17.6 Å². The zero-order valence-corrected chi connectivity index (χ0v) is 19.1. The van der Waals surface area contributed by atoms with Gasteiger partial charge in [0.05, 0.1) is 50.2 Å². The molecule has 33 heavy (non-hydrogen) atoms. The number of nitrogens with zero attached hydrogens (tertiary/aromatic N) is 2. The monoisotopic (exact) mass is 447 g/mol. The van der Waals surface area contributed by atoms with E-state index in [1.165, 1.54) is 19.1 Å². The Kier molecular flexibility index (Phi) is 6.73. The van der Waals surface area contributed by atoms with E-state index in [4.69, 9.17) is 19.9 Å². The topological polar surface area (TPSA) is 115 Å². The van der Waals surface area contributed by atoms with Gasteiger partial charge in [0.25, 0.3) is 0 Å². The lowest BCUT2D eigenvalue weighted by Gasteiger charge is -2.36. The number of nitrogens with two attached hydrogens (primary N) is 1. The summed E-state index contributed by atoms with van der Waals surface area (Å²) in [5.41, 5.74) is 9.18. The molecule has 0 amide bonds. The van der Waals surface area contributed by atoms with Crippen molar-refractivity contribution in [1.29, 1.82) is 5.26 Å². The summed E-state index contributed by atoms with van der Waals surface area (Å²) in [5.74, 6) is -1.79. The quantitative estimate of drug-likeness (QED) is 0.695. The van der Waals surface area contributed by atoms with Crippen molar-refractivity contribution in [2.24, 2.45) is 5.73 Å². The highest BCUT2D eigenvalue weighted by molar-refractivity contribution is 6.06. The number of anilines is 1. The molecule has 0 saturated carbocycles. The molecule has 1 unspecified atom stereocenters. The Morgan fingerprint density at radius 2 is 1.61 bits per heavy atom. The first-order valence-corrected chi connectivity index (χ1v) is 10.1. The van der Waals surface area contributed by atoms with E-state index in [-0.39, 0.29) is 22.7 Å². The van der Waals surface area contributed by atoms with Crippen molar-refractivity contribution in [2.75, 3.05) is 26.2 Å². The Balaban J connectivity index is 2.44. The van der Waals surface area contributed by atoms with Crippen molar-refractivity contribution in [1.82, 2.24) is 0 Å². The van der Waals surface area contributed by atoms with E-state index in [9.17, 15) is 14.9 Å². The average molecular weight is 447 g/mol. The van der Waals surface area contributed by atoms with Gasteiger partial charge in [0.1, 0.15) is 17.3 Å². The third-order valence-corrected chi connectivity index (χ3v) is 5.78. The average Bonchev–Trinajstić information content (AvgIpc) is 2.84. The molecule has 8 nitrogen and oxygen atoms in total. The van der Waals surface area contributed by atoms with Crippen LogP contribution in [0.15, 0.2) is 65.1 Å². The third kappa shape index (κ3) is 3.89. The van der Waals surface area contributed by atoms with Gasteiger partial charge in [0.15, 0.2) is 0 Å². The van der Waals surface area contributed by atoms with Crippen LogP contribution in [0.2, 0.25) is 0 Å². The minimum Gasteiger partial charge on any atom is -0.496 e. The molecule has 0 radical (unpaired) electrons. The number of carbonyl (C=O) groups is 2. The molecule has 2 aromatic carbocycles. The number of ether oxygens (including phenoxy) is 3. The summed E-state index contributed by atoms with van der Waals surface area (Å²) in [6, 6.07) is 14.4. The number of carbonyl (C=O) groups excluding carboxylic acids is 2. The molecule has 2 aromatic rings. The Morgan fingerprint density at radius 3 is 2.15 bits per heavy atom.